The van der Waals surface area contributed by atoms with Gasteiger partial charge in [0.25, 0.3) is 0 Å². The molecule has 1 aliphatic rings. The molecule has 5 rings (SSSR count). The number of nitrogens with zero attached hydrogens (tertiary/aromatic N) is 3. The number of thiophene rings is 1. The monoisotopic (exact) mass is 455 g/mol. The summed E-state index contributed by atoms with van der Waals surface area (Å²) >= 11 is 6.93. The van der Waals surface area contributed by atoms with Gasteiger partial charge in [-0.2, -0.15) is 13.5 Å². The summed E-state index contributed by atoms with van der Waals surface area (Å²) in [7, 11) is -4.22. The zero-order valence-electron chi connectivity index (χ0n) is 15.4. The van der Waals surface area contributed by atoms with Crippen LogP contribution in [0, 0.1) is 11.8 Å². The molecule has 3 aromatic heterocycles. The Hall–Kier alpha value is -2.70. The molecular weight excluding hydrogens is 442 g/mol. The summed E-state index contributed by atoms with van der Waals surface area (Å²) in [4.78, 5) is 5.31. The highest BCUT2D eigenvalue weighted by atomic mass is 35.5. The van der Waals surface area contributed by atoms with Gasteiger partial charge in [0.15, 0.2) is 5.65 Å². The first kappa shape index (κ1) is 19.3. The molecule has 1 aromatic carbocycles. The van der Waals surface area contributed by atoms with Crippen molar-refractivity contribution in [3.8, 4) is 23.1 Å². The number of hydrogen-bond acceptors (Lipinski definition) is 5. The van der Waals surface area contributed by atoms with Crippen LogP contribution < -0.4 is 0 Å². The average molecular weight is 456 g/mol. The van der Waals surface area contributed by atoms with Gasteiger partial charge in [-0.05, 0) is 43.2 Å². The summed E-state index contributed by atoms with van der Waals surface area (Å²) in [6.07, 6.45) is 3.91. The first-order chi connectivity index (χ1) is 14.4. The average Bonchev–Trinajstić information content (AvgIpc) is 3.29. The van der Waals surface area contributed by atoms with E-state index in [1.165, 1.54) is 6.07 Å². The predicted molar refractivity (Wildman–Crippen MR) is 116 cm³/mol. The van der Waals surface area contributed by atoms with Gasteiger partial charge in [-0.1, -0.05) is 35.6 Å². The fourth-order valence-corrected chi connectivity index (χ4v) is 4.82. The molecule has 0 amide bonds. The highest BCUT2D eigenvalue weighted by Gasteiger charge is 2.28. The second-order valence-corrected chi connectivity index (χ2v) is 10.2. The summed E-state index contributed by atoms with van der Waals surface area (Å²) in [6, 6.07) is 12.5. The standard InChI is InChI=1S/C21H14ClN3O3S2/c22-16-6-3-13(4-7-16)18-11-19(14-1-2-14)25-21(24-18)15(12-23-25)5-8-17-9-10-20(29-17)30(26,27)28/h3-4,6-7,9-12,14H,1-2H2,(H,26,27,28). The molecule has 1 N–H and O–H groups in total. The van der Waals surface area contributed by atoms with Crippen molar-refractivity contribution < 1.29 is 13.0 Å². The molecule has 0 radical (unpaired) electrons. The maximum atomic E-state index is 11.2. The minimum absolute atomic E-state index is 0.133. The Morgan fingerprint density at radius 2 is 1.90 bits per heavy atom. The first-order valence-electron chi connectivity index (χ1n) is 9.12. The molecule has 1 fully saturated rings. The highest BCUT2D eigenvalue weighted by Crippen LogP contribution is 2.41. The van der Waals surface area contributed by atoms with Crippen LogP contribution in [0.4, 0.5) is 0 Å². The quantitative estimate of drug-likeness (QED) is 0.359. The molecule has 30 heavy (non-hydrogen) atoms. The van der Waals surface area contributed by atoms with E-state index in [1.807, 2.05) is 28.8 Å². The van der Waals surface area contributed by atoms with E-state index in [-0.39, 0.29) is 4.21 Å². The lowest BCUT2D eigenvalue weighted by Crippen LogP contribution is -2.01. The minimum Gasteiger partial charge on any atom is -0.281 e. The van der Waals surface area contributed by atoms with Crippen molar-refractivity contribution in [2.45, 2.75) is 23.0 Å². The molecule has 0 atom stereocenters. The Bertz CT molecular complexity index is 1440. The van der Waals surface area contributed by atoms with E-state index in [1.54, 1.807) is 12.3 Å². The molecule has 1 saturated carbocycles. The van der Waals surface area contributed by atoms with Gasteiger partial charge < -0.3 is 0 Å². The lowest BCUT2D eigenvalue weighted by atomic mass is 10.1. The third kappa shape index (κ3) is 3.73. The Labute approximate surface area is 181 Å². The summed E-state index contributed by atoms with van der Waals surface area (Å²) in [5, 5.41) is 5.15. The fourth-order valence-electron chi connectivity index (χ4n) is 3.17. The molecule has 1 aliphatic carbocycles. The third-order valence-corrected chi connectivity index (χ3v) is 7.36. The minimum atomic E-state index is -4.22. The van der Waals surface area contributed by atoms with E-state index < -0.39 is 10.1 Å². The lowest BCUT2D eigenvalue weighted by Gasteiger charge is -2.08. The van der Waals surface area contributed by atoms with Crippen molar-refractivity contribution in [2.75, 3.05) is 0 Å². The van der Waals surface area contributed by atoms with E-state index >= 15 is 0 Å². The van der Waals surface area contributed by atoms with Gasteiger partial charge in [0, 0.05) is 22.2 Å². The normalized spacial score (nSPS) is 13.9. The van der Waals surface area contributed by atoms with Crippen LogP contribution in [0.2, 0.25) is 5.02 Å². The molecule has 3 heterocycles. The van der Waals surface area contributed by atoms with Crippen molar-refractivity contribution >= 4 is 38.7 Å². The predicted octanol–water partition coefficient (Wildman–Crippen LogP) is 4.64. The number of fused-ring (bicyclic) bond motifs is 1. The van der Waals surface area contributed by atoms with Crippen molar-refractivity contribution in [1.29, 1.82) is 0 Å². The van der Waals surface area contributed by atoms with E-state index in [0.717, 1.165) is 41.1 Å². The summed E-state index contributed by atoms with van der Waals surface area (Å²) in [6.45, 7) is 0. The molecular formula is C21H14ClN3O3S2. The van der Waals surface area contributed by atoms with Crippen LogP contribution in [0.5, 0.6) is 0 Å². The smallest absolute Gasteiger partial charge is 0.281 e. The van der Waals surface area contributed by atoms with Gasteiger partial charge in [-0.25, -0.2) is 9.50 Å². The zero-order chi connectivity index (χ0) is 20.9. The third-order valence-electron chi connectivity index (χ3n) is 4.79. The highest BCUT2D eigenvalue weighted by molar-refractivity contribution is 7.88. The van der Waals surface area contributed by atoms with Gasteiger partial charge in [0.2, 0.25) is 0 Å². The van der Waals surface area contributed by atoms with E-state index in [4.69, 9.17) is 21.1 Å². The van der Waals surface area contributed by atoms with Crippen LogP contribution in [-0.2, 0) is 10.1 Å². The summed E-state index contributed by atoms with van der Waals surface area (Å²) in [5.41, 5.74) is 4.19. The first-order valence-corrected chi connectivity index (χ1v) is 11.8. The Morgan fingerprint density at radius 3 is 2.57 bits per heavy atom. The van der Waals surface area contributed by atoms with Crippen LogP contribution in [0.15, 0.2) is 52.9 Å². The molecule has 6 nitrogen and oxygen atoms in total. The van der Waals surface area contributed by atoms with Gasteiger partial charge in [0.05, 0.1) is 22.3 Å². The van der Waals surface area contributed by atoms with Crippen LogP contribution in [0.25, 0.3) is 16.9 Å². The molecule has 4 aromatic rings. The molecule has 150 valence electrons. The van der Waals surface area contributed by atoms with Crippen LogP contribution in [-0.4, -0.2) is 27.6 Å². The summed E-state index contributed by atoms with van der Waals surface area (Å²) in [5.74, 6) is 6.44. The second kappa shape index (κ2) is 7.22. The van der Waals surface area contributed by atoms with Gasteiger partial charge in [-0.15, -0.1) is 11.3 Å². The van der Waals surface area contributed by atoms with Crippen molar-refractivity contribution in [3.05, 3.63) is 69.8 Å². The Kier molecular flexibility index (Phi) is 4.64. The van der Waals surface area contributed by atoms with Gasteiger partial charge in [-0.3, -0.25) is 4.55 Å². The maximum absolute atomic E-state index is 11.2. The molecule has 0 bridgehead atoms. The van der Waals surface area contributed by atoms with Crippen LogP contribution in [0.1, 0.15) is 34.9 Å². The van der Waals surface area contributed by atoms with Crippen LogP contribution >= 0.6 is 22.9 Å². The fraction of sp³-hybridized carbons (Fsp3) is 0.143. The lowest BCUT2D eigenvalue weighted by molar-refractivity contribution is 0.485. The zero-order valence-corrected chi connectivity index (χ0v) is 17.8. The number of hydrogen-bond donors (Lipinski definition) is 1. The number of halogens is 1. The van der Waals surface area contributed by atoms with Crippen LogP contribution in [0.3, 0.4) is 0 Å². The largest absolute Gasteiger partial charge is 0.304 e. The van der Waals surface area contributed by atoms with Crippen molar-refractivity contribution in [2.24, 2.45) is 0 Å². The van der Waals surface area contributed by atoms with E-state index in [0.29, 0.717) is 27.0 Å². The van der Waals surface area contributed by atoms with E-state index in [9.17, 15) is 8.42 Å². The SMILES string of the molecule is O=S(=O)(O)c1ccc(C#Cc2cnn3c(C4CC4)cc(-c4ccc(Cl)cc4)nc23)s1. The topological polar surface area (TPSA) is 84.6 Å². The number of aromatic nitrogens is 3. The summed E-state index contributed by atoms with van der Waals surface area (Å²) < 4.78 is 33.3. The Balaban J connectivity index is 1.60. The van der Waals surface area contributed by atoms with Crippen molar-refractivity contribution in [1.82, 2.24) is 14.6 Å². The molecule has 0 unspecified atom stereocenters. The Morgan fingerprint density at radius 1 is 1.13 bits per heavy atom. The van der Waals surface area contributed by atoms with Gasteiger partial charge in [0.1, 0.15) is 4.21 Å². The molecule has 9 heteroatoms. The second-order valence-electron chi connectivity index (χ2n) is 6.98. The van der Waals surface area contributed by atoms with E-state index in [2.05, 4.69) is 23.0 Å². The van der Waals surface area contributed by atoms with Crippen molar-refractivity contribution in [3.63, 3.8) is 0 Å². The number of rotatable bonds is 3. The van der Waals surface area contributed by atoms with Gasteiger partial charge >= 0.3 is 10.1 Å². The maximum Gasteiger partial charge on any atom is 0.304 e. The molecule has 0 saturated heterocycles. The number of benzene rings is 1. The molecule has 0 aliphatic heterocycles. The molecule has 0 spiro atoms.